The molecule has 3 aromatic carbocycles. The van der Waals surface area contributed by atoms with Crippen LogP contribution < -0.4 is 20.4 Å². The highest BCUT2D eigenvalue weighted by Gasteiger charge is 2.51. The molecule has 1 aromatic heterocycles. The van der Waals surface area contributed by atoms with Crippen LogP contribution in [0.25, 0.3) is 11.0 Å². The fraction of sp³-hybridized carbons (Fsp3) is 0.265. The first-order valence-corrected chi connectivity index (χ1v) is 15.5. The molecule has 13 heteroatoms. The van der Waals surface area contributed by atoms with E-state index in [1.165, 1.54) is 30.2 Å². The summed E-state index contributed by atoms with van der Waals surface area (Å²) in [4.78, 5) is 42.5. The Hall–Kier alpha value is -4.39. The summed E-state index contributed by atoms with van der Waals surface area (Å²) in [6.07, 6.45) is -1.08. The smallest absolute Gasteiger partial charge is 0.349 e. The molecule has 1 aliphatic heterocycles. The number of nitrogens with one attached hydrogen (secondary N) is 1. The Labute approximate surface area is 278 Å². The quantitative estimate of drug-likeness (QED) is 0.194. The van der Waals surface area contributed by atoms with Gasteiger partial charge in [-0.2, -0.15) is 0 Å². The molecule has 4 N–H and O–H groups in total. The molecule has 11 nitrogen and oxygen atoms in total. The predicted molar refractivity (Wildman–Crippen MR) is 173 cm³/mol. The van der Waals surface area contributed by atoms with Gasteiger partial charge in [0.1, 0.15) is 23.4 Å². The van der Waals surface area contributed by atoms with E-state index in [9.17, 15) is 29.7 Å². The summed E-state index contributed by atoms with van der Waals surface area (Å²) in [5.41, 5.74) is 0.683. The van der Waals surface area contributed by atoms with Gasteiger partial charge in [-0.1, -0.05) is 47.5 Å². The summed E-state index contributed by atoms with van der Waals surface area (Å²) in [5.74, 6) is -1.64. The van der Waals surface area contributed by atoms with Crippen LogP contribution in [0.5, 0.6) is 11.5 Å². The average molecular weight is 682 g/mol. The number of hydrogen-bond acceptors (Lipinski definition) is 9. The fourth-order valence-electron chi connectivity index (χ4n) is 6.13. The van der Waals surface area contributed by atoms with Crippen LogP contribution in [0, 0.1) is 0 Å². The topological polar surface area (TPSA) is 159 Å². The van der Waals surface area contributed by atoms with Crippen LogP contribution in [-0.4, -0.2) is 70.5 Å². The molecule has 2 aliphatic rings. The molecule has 0 saturated carbocycles. The van der Waals surface area contributed by atoms with Crippen LogP contribution in [0.4, 0.5) is 0 Å². The number of aliphatic hydroxyl groups is 3. The van der Waals surface area contributed by atoms with Crippen LogP contribution in [0.1, 0.15) is 33.0 Å². The van der Waals surface area contributed by atoms with Crippen LogP contribution in [-0.2, 0) is 17.9 Å². The third-order valence-corrected chi connectivity index (χ3v) is 8.93. The molecular weight excluding hydrogens is 651 g/mol. The second kappa shape index (κ2) is 13.4. The number of rotatable bonds is 9. The van der Waals surface area contributed by atoms with Crippen molar-refractivity contribution in [3.05, 3.63) is 115 Å². The molecule has 2 heterocycles. The lowest BCUT2D eigenvalue weighted by atomic mass is 9.77. The number of nitrogens with zero attached hydrogens (tertiary/aromatic N) is 1. The number of amides is 2. The maximum Gasteiger partial charge on any atom is 0.349 e. The van der Waals surface area contributed by atoms with Gasteiger partial charge in [0.05, 0.1) is 32.3 Å². The van der Waals surface area contributed by atoms with E-state index in [0.717, 1.165) is 0 Å². The summed E-state index contributed by atoms with van der Waals surface area (Å²) in [6, 6.07) is 14.9. The summed E-state index contributed by atoms with van der Waals surface area (Å²) < 4.78 is 17.3. The van der Waals surface area contributed by atoms with Gasteiger partial charge in [0.25, 0.3) is 5.91 Å². The van der Waals surface area contributed by atoms with Crippen molar-refractivity contribution in [1.29, 1.82) is 0 Å². The lowest BCUT2D eigenvalue weighted by Gasteiger charge is -2.40. The maximum atomic E-state index is 14.4. The largest absolute Gasteiger partial charge is 0.493 e. The highest BCUT2D eigenvalue weighted by atomic mass is 35.5. The minimum Gasteiger partial charge on any atom is -0.493 e. The Morgan fingerprint density at radius 1 is 1.06 bits per heavy atom. The predicted octanol–water partition coefficient (Wildman–Crippen LogP) is 3.57. The van der Waals surface area contributed by atoms with Crippen molar-refractivity contribution >= 4 is 46.0 Å². The van der Waals surface area contributed by atoms with E-state index in [2.05, 4.69) is 5.32 Å². The molecule has 2 amide bonds. The summed E-state index contributed by atoms with van der Waals surface area (Å²) >= 11 is 12.7. The Balaban J connectivity index is 1.51. The number of halogens is 2. The molecular formula is C34H30Cl2N2O9. The van der Waals surface area contributed by atoms with E-state index in [1.54, 1.807) is 48.5 Å². The number of carbonyl (C=O) groups excluding carboxylic acids is 2. The number of carbonyl (C=O) groups is 2. The van der Waals surface area contributed by atoms with Gasteiger partial charge in [-0.25, -0.2) is 4.79 Å². The van der Waals surface area contributed by atoms with Gasteiger partial charge in [-0.3, -0.25) is 9.59 Å². The van der Waals surface area contributed by atoms with Gasteiger partial charge in [-0.15, -0.1) is 0 Å². The summed E-state index contributed by atoms with van der Waals surface area (Å²) in [5, 5.41) is 35.1. The highest BCUT2D eigenvalue weighted by molar-refractivity contribution is 6.35. The van der Waals surface area contributed by atoms with Gasteiger partial charge in [0.15, 0.2) is 11.5 Å². The summed E-state index contributed by atoms with van der Waals surface area (Å²) in [7, 11) is 1.43. The molecule has 4 unspecified atom stereocenters. The number of methoxy groups -OCH3 is 1. The zero-order valence-electron chi connectivity index (χ0n) is 25.0. The van der Waals surface area contributed by atoms with Gasteiger partial charge in [0, 0.05) is 39.7 Å². The second-order valence-electron chi connectivity index (χ2n) is 11.2. The molecule has 47 heavy (non-hydrogen) atoms. The van der Waals surface area contributed by atoms with E-state index >= 15 is 0 Å². The van der Waals surface area contributed by atoms with Crippen molar-refractivity contribution in [2.45, 2.75) is 37.3 Å². The molecule has 0 radical (unpaired) electrons. The first kappa shape index (κ1) is 32.5. The Bertz CT molecular complexity index is 1960. The molecule has 244 valence electrons. The van der Waals surface area contributed by atoms with E-state index < -0.39 is 41.6 Å². The van der Waals surface area contributed by atoms with E-state index in [4.69, 9.17) is 37.1 Å². The van der Waals surface area contributed by atoms with Crippen molar-refractivity contribution < 1.29 is 38.8 Å². The van der Waals surface area contributed by atoms with E-state index in [1.807, 2.05) is 0 Å². The van der Waals surface area contributed by atoms with Crippen molar-refractivity contribution in [3.63, 3.8) is 0 Å². The minimum atomic E-state index is -1.44. The van der Waals surface area contributed by atoms with Crippen LogP contribution >= 0.6 is 23.2 Å². The number of hydrogen-bond donors (Lipinski definition) is 4. The normalized spacial score (nSPS) is 19.7. The number of para-hydroxylation sites is 1. The third kappa shape index (κ3) is 6.08. The second-order valence-corrected chi connectivity index (χ2v) is 12.0. The summed E-state index contributed by atoms with van der Waals surface area (Å²) in [6.45, 7) is -0.907. The number of fused-ring (bicyclic) bond motifs is 4. The number of aliphatic hydroxyl groups excluding tert-OH is 3. The molecule has 4 aromatic rings. The molecule has 0 bridgehead atoms. The molecule has 1 aliphatic carbocycles. The Morgan fingerprint density at radius 3 is 2.57 bits per heavy atom. The van der Waals surface area contributed by atoms with Crippen LogP contribution in [0.2, 0.25) is 10.0 Å². The molecule has 0 saturated heterocycles. The standard InChI is InChI=1S/C34H30Cl2N2O9/c1-45-27-11-17(16-40)10-21-28-22(32(42)37-8-9-39)14-25(29(41)31(28)47-30(21)27)38(15-19-6-7-20(35)13-24(19)36)33(43)23-12-18-4-2-3-5-26(18)46-34(23)44/h2-7,10-14,25,28-29,31,39-41H,8-9,15-16H2,1H3,(H,37,42). The number of ether oxygens (including phenoxy) is 2. The zero-order valence-corrected chi connectivity index (χ0v) is 26.5. The lowest BCUT2D eigenvalue weighted by molar-refractivity contribution is -0.118. The molecule has 6 rings (SSSR count). The monoisotopic (exact) mass is 680 g/mol. The molecule has 4 atom stereocenters. The lowest BCUT2D eigenvalue weighted by Crippen LogP contribution is -2.56. The maximum absolute atomic E-state index is 14.4. The van der Waals surface area contributed by atoms with E-state index in [-0.39, 0.29) is 59.5 Å². The van der Waals surface area contributed by atoms with Crippen LogP contribution in [0.15, 0.2) is 81.5 Å². The Morgan fingerprint density at radius 2 is 1.85 bits per heavy atom. The number of benzene rings is 3. The van der Waals surface area contributed by atoms with Gasteiger partial charge in [0.2, 0.25) is 5.91 Å². The van der Waals surface area contributed by atoms with Gasteiger partial charge in [-0.05, 0) is 53.6 Å². The molecule has 0 spiro atoms. The van der Waals surface area contributed by atoms with Gasteiger partial charge < -0.3 is 39.4 Å². The minimum absolute atomic E-state index is 0.0599. The Kier molecular flexibility index (Phi) is 9.27. The van der Waals surface area contributed by atoms with Crippen molar-refractivity contribution in [2.24, 2.45) is 0 Å². The zero-order chi connectivity index (χ0) is 33.4. The van der Waals surface area contributed by atoms with Crippen molar-refractivity contribution in [3.8, 4) is 11.5 Å². The first-order chi connectivity index (χ1) is 22.6. The average Bonchev–Trinajstić information content (AvgIpc) is 3.46. The van der Waals surface area contributed by atoms with Crippen molar-refractivity contribution in [2.75, 3.05) is 20.3 Å². The van der Waals surface area contributed by atoms with E-state index in [0.29, 0.717) is 27.1 Å². The van der Waals surface area contributed by atoms with Crippen LogP contribution in [0.3, 0.4) is 0 Å². The SMILES string of the molecule is COc1cc(CO)cc2c1OC1C2C(C(=O)NCCO)=CC(N(Cc2ccc(Cl)cc2Cl)C(=O)c2cc3ccccc3oc2=O)C1O. The van der Waals surface area contributed by atoms with Gasteiger partial charge >= 0.3 is 5.63 Å². The first-order valence-electron chi connectivity index (χ1n) is 14.7. The fourth-order valence-corrected chi connectivity index (χ4v) is 6.60. The van der Waals surface area contributed by atoms with Crippen molar-refractivity contribution in [1.82, 2.24) is 10.2 Å². The highest BCUT2D eigenvalue weighted by Crippen LogP contribution is 2.51. The molecule has 0 fully saturated rings. The third-order valence-electron chi connectivity index (χ3n) is 8.34.